The molecule has 2 aromatic carbocycles. The van der Waals surface area contributed by atoms with Gasteiger partial charge in [-0.3, -0.25) is 14.9 Å². The van der Waals surface area contributed by atoms with Gasteiger partial charge in [0.1, 0.15) is 11.3 Å². The number of carbonyl (C=O) groups is 1. The van der Waals surface area contributed by atoms with Gasteiger partial charge >= 0.3 is 0 Å². The molecule has 1 amide bonds. The van der Waals surface area contributed by atoms with Crippen molar-refractivity contribution in [3.8, 4) is 17.2 Å². The average Bonchev–Trinajstić information content (AvgIpc) is 2.62. The molecule has 0 unspecified atom stereocenters. The van der Waals surface area contributed by atoms with E-state index in [0.717, 1.165) is 6.07 Å². The molecule has 0 saturated heterocycles. The lowest BCUT2D eigenvalue weighted by Gasteiger charge is -2.13. The number of benzene rings is 2. The minimum absolute atomic E-state index is 0.144. The summed E-state index contributed by atoms with van der Waals surface area (Å²) in [5.41, 5.74) is -0.114. The number of rotatable bonds is 7. The van der Waals surface area contributed by atoms with E-state index < -0.39 is 10.8 Å². The van der Waals surface area contributed by atoms with E-state index in [4.69, 9.17) is 14.2 Å². The Morgan fingerprint density at radius 1 is 1.12 bits per heavy atom. The smallest absolute Gasteiger partial charge is 0.286 e. The van der Waals surface area contributed by atoms with E-state index >= 15 is 0 Å². The standard InChI is InChI=1S/C17H18N2O6/c1-4-25-14-8-6-5-7-12(14)18-17(20)11-9-15(23-2)16(24-3)10-13(11)19(21)22/h5-10H,4H2,1-3H3,(H,18,20). The van der Waals surface area contributed by atoms with Crippen molar-refractivity contribution in [3.63, 3.8) is 0 Å². The maximum Gasteiger partial charge on any atom is 0.286 e. The summed E-state index contributed by atoms with van der Waals surface area (Å²) >= 11 is 0. The molecule has 8 heteroatoms. The first-order valence-corrected chi connectivity index (χ1v) is 7.45. The van der Waals surface area contributed by atoms with Gasteiger partial charge in [0.15, 0.2) is 11.5 Å². The Bertz CT molecular complexity index is 791. The number of carbonyl (C=O) groups excluding carboxylic acids is 1. The SMILES string of the molecule is CCOc1ccccc1NC(=O)c1cc(OC)c(OC)cc1[N+](=O)[O-]. The number of nitrogens with zero attached hydrogens (tertiary/aromatic N) is 1. The summed E-state index contributed by atoms with van der Waals surface area (Å²) in [7, 11) is 2.75. The van der Waals surface area contributed by atoms with Crippen LogP contribution in [0.25, 0.3) is 0 Å². The molecule has 0 aliphatic heterocycles. The van der Waals surface area contributed by atoms with Crippen LogP contribution in [0.4, 0.5) is 11.4 Å². The molecule has 2 aromatic rings. The molecule has 1 N–H and O–H groups in total. The summed E-state index contributed by atoms with van der Waals surface area (Å²) < 4.78 is 15.6. The number of nitro groups is 1. The Labute approximate surface area is 144 Å². The van der Waals surface area contributed by atoms with E-state index in [1.54, 1.807) is 24.3 Å². The number of amides is 1. The number of nitrogens with one attached hydrogen (secondary N) is 1. The highest BCUT2D eigenvalue weighted by molar-refractivity contribution is 6.08. The third kappa shape index (κ3) is 3.97. The van der Waals surface area contributed by atoms with Gasteiger partial charge in [-0.1, -0.05) is 12.1 Å². The van der Waals surface area contributed by atoms with Crippen molar-refractivity contribution in [1.82, 2.24) is 0 Å². The Balaban J connectivity index is 2.43. The molecule has 0 fully saturated rings. The van der Waals surface area contributed by atoms with Gasteiger partial charge in [0, 0.05) is 6.07 Å². The zero-order valence-corrected chi connectivity index (χ0v) is 14.1. The fraction of sp³-hybridized carbons (Fsp3) is 0.235. The molecule has 0 heterocycles. The van der Waals surface area contributed by atoms with E-state index in [9.17, 15) is 14.9 Å². The maximum absolute atomic E-state index is 12.6. The normalized spacial score (nSPS) is 10.0. The minimum Gasteiger partial charge on any atom is -0.493 e. The summed E-state index contributed by atoms with van der Waals surface area (Å²) in [4.78, 5) is 23.3. The first kappa shape index (κ1) is 18.1. The second kappa shape index (κ2) is 8.00. The van der Waals surface area contributed by atoms with Crippen LogP contribution in [-0.2, 0) is 0 Å². The van der Waals surface area contributed by atoms with Crippen LogP contribution in [0.5, 0.6) is 17.2 Å². The van der Waals surface area contributed by atoms with E-state index in [2.05, 4.69) is 5.32 Å². The largest absolute Gasteiger partial charge is 0.493 e. The van der Waals surface area contributed by atoms with Gasteiger partial charge in [0.25, 0.3) is 11.6 Å². The van der Waals surface area contributed by atoms with Crippen molar-refractivity contribution < 1.29 is 23.9 Å². The first-order chi connectivity index (χ1) is 12.0. The van der Waals surface area contributed by atoms with Crippen LogP contribution < -0.4 is 19.5 Å². The predicted octanol–water partition coefficient (Wildman–Crippen LogP) is 3.26. The van der Waals surface area contributed by atoms with Crippen molar-refractivity contribution in [2.75, 3.05) is 26.1 Å². The third-order valence-electron chi connectivity index (χ3n) is 3.38. The summed E-state index contributed by atoms with van der Waals surface area (Å²) in [5, 5.41) is 14.0. The van der Waals surface area contributed by atoms with Gasteiger partial charge in [0.05, 0.1) is 37.5 Å². The lowest BCUT2D eigenvalue weighted by molar-refractivity contribution is -0.385. The fourth-order valence-electron chi connectivity index (χ4n) is 2.24. The Hall–Kier alpha value is -3.29. The quantitative estimate of drug-likeness (QED) is 0.610. The number of methoxy groups -OCH3 is 2. The second-order valence-electron chi connectivity index (χ2n) is 4.86. The number of anilines is 1. The lowest BCUT2D eigenvalue weighted by Crippen LogP contribution is -2.15. The van der Waals surface area contributed by atoms with E-state index in [1.807, 2.05) is 6.92 Å². The van der Waals surface area contributed by atoms with E-state index in [-0.39, 0.29) is 22.7 Å². The molecule has 0 saturated carbocycles. The lowest BCUT2D eigenvalue weighted by atomic mass is 10.1. The third-order valence-corrected chi connectivity index (χ3v) is 3.38. The summed E-state index contributed by atoms with van der Waals surface area (Å²) in [6.07, 6.45) is 0. The van der Waals surface area contributed by atoms with Crippen LogP contribution in [0.2, 0.25) is 0 Å². The van der Waals surface area contributed by atoms with Crippen molar-refractivity contribution >= 4 is 17.3 Å². The Morgan fingerprint density at radius 3 is 2.36 bits per heavy atom. The molecule has 0 aliphatic carbocycles. The van der Waals surface area contributed by atoms with E-state index in [1.165, 1.54) is 20.3 Å². The number of hydrogen-bond donors (Lipinski definition) is 1. The van der Waals surface area contributed by atoms with Gasteiger partial charge in [-0.2, -0.15) is 0 Å². The van der Waals surface area contributed by atoms with Crippen LogP contribution in [0.1, 0.15) is 17.3 Å². The number of nitro benzene ring substituents is 1. The minimum atomic E-state index is -0.653. The molecule has 132 valence electrons. The van der Waals surface area contributed by atoms with Gasteiger partial charge in [-0.05, 0) is 19.1 Å². The van der Waals surface area contributed by atoms with Crippen molar-refractivity contribution in [2.45, 2.75) is 6.92 Å². The molecular weight excluding hydrogens is 328 g/mol. The summed E-state index contributed by atoms with van der Waals surface area (Å²) in [5.74, 6) is 0.207. The monoisotopic (exact) mass is 346 g/mol. The topological polar surface area (TPSA) is 99.9 Å². The van der Waals surface area contributed by atoms with Crippen molar-refractivity contribution in [2.24, 2.45) is 0 Å². The van der Waals surface area contributed by atoms with Crippen LogP contribution in [-0.4, -0.2) is 31.7 Å². The zero-order chi connectivity index (χ0) is 18.4. The second-order valence-corrected chi connectivity index (χ2v) is 4.86. The molecule has 0 spiro atoms. The van der Waals surface area contributed by atoms with Gasteiger partial charge in [0.2, 0.25) is 0 Å². The Morgan fingerprint density at radius 2 is 1.76 bits per heavy atom. The fourth-order valence-corrected chi connectivity index (χ4v) is 2.24. The summed E-state index contributed by atoms with van der Waals surface area (Å²) in [6.45, 7) is 2.24. The molecule has 0 aliphatic rings. The number of hydrogen-bond acceptors (Lipinski definition) is 6. The molecule has 0 radical (unpaired) electrons. The van der Waals surface area contributed by atoms with Gasteiger partial charge in [-0.15, -0.1) is 0 Å². The highest BCUT2D eigenvalue weighted by atomic mass is 16.6. The highest BCUT2D eigenvalue weighted by Crippen LogP contribution is 2.35. The average molecular weight is 346 g/mol. The van der Waals surface area contributed by atoms with Crippen molar-refractivity contribution in [1.29, 1.82) is 0 Å². The van der Waals surface area contributed by atoms with E-state index in [0.29, 0.717) is 18.0 Å². The molecular formula is C17H18N2O6. The molecule has 0 aromatic heterocycles. The van der Waals surface area contributed by atoms with Crippen LogP contribution in [0.15, 0.2) is 36.4 Å². The van der Waals surface area contributed by atoms with Crippen LogP contribution in [0, 0.1) is 10.1 Å². The van der Waals surface area contributed by atoms with Crippen molar-refractivity contribution in [3.05, 3.63) is 52.1 Å². The zero-order valence-electron chi connectivity index (χ0n) is 14.1. The number of para-hydroxylation sites is 2. The predicted molar refractivity (Wildman–Crippen MR) is 91.8 cm³/mol. The Kier molecular flexibility index (Phi) is 5.78. The first-order valence-electron chi connectivity index (χ1n) is 7.45. The molecule has 0 bridgehead atoms. The number of ether oxygens (including phenoxy) is 3. The summed E-state index contributed by atoms with van der Waals surface area (Å²) in [6, 6.07) is 9.26. The van der Waals surface area contributed by atoms with Crippen LogP contribution in [0.3, 0.4) is 0 Å². The molecule has 0 atom stereocenters. The molecule has 25 heavy (non-hydrogen) atoms. The maximum atomic E-state index is 12.6. The molecule has 2 rings (SSSR count). The van der Waals surface area contributed by atoms with Gasteiger partial charge < -0.3 is 19.5 Å². The molecule has 8 nitrogen and oxygen atoms in total. The highest BCUT2D eigenvalue weighted by Gasteiger charge is 2.25. The van der Waals surface area contributed by atoms with Crippen LogP contribution >= 0.6 is 0 Å². The van der Waals surface area contributed by atoms with Gasteiger partial charge in [-0.25, -0.2) is 0 Å².